The van der Waals surface area contributed by atoms with E-state index < -0.39 is 0 Å². The number of ether oxygens (including phenoxy) is 2. The van der Waals surface area contributed by atoms with E-state index in [1.807, 2.05) is 4.68 Å². The van der Waals surface area contributed by atoms with Gasteiger partial charge in [-0.2, -0.15) is 5.10 Å². The van der Waals surface area contributed by atoms with E-state index in [4.69, 9.17) is 9.47 Å². The van der Waals surface area contributed by atoms with Crippen LogP contribution >= 0.6 is 0 Å². The lowest BCUT2D eigenvalue weighted by atomic mass is 9.89. The van der Waals surface area contributed by atoms with Gasteiger partial charge in [-0.05, 0) is 18.8 Å². The summed E-state index contributed by atoms with van der Waals surface area (Å²) in [5.41, 5.74) is 0. The summed E-state index contributed by atoms with van der Waals surface area (Å²) < 4.78 is 13.2. The van der Waals surface area contributed by atoms with Gasteiger partial charge < -0.3 is 9.47 Å². The second-order valence-electron chi connectivity index (χ2n) is 5.24. The van der Waals surface area contributed by atoms with Crippen LogP contribution in [0.15, 0.2) is 6.33 Å². The molecule has 0 bridgehead atoms. The smallest absolute Gasteiger partial charge is 0.158 e. The topological polar surface area (TPSA) is 49.2 Å². The van der Waals surface area contributed by atoms with Crippen molar-refractivity contribution in [2.75, 3.05) is 19.8 Å². The Morgan fingerprint density at radius 1 is 1.22 bits per heavy atom. The van der Waals surface area contributed by atoms with E-state index >= 15 is 0 Å². The molecular weight excluding hydrogens is 230 g/mol. The molecule has 3 rings (SSSR count). The summed E-state index contributed by atoms with van der Waals surface area (Å²) in [4.78, 5) is 4.35. The summed E-state index contributed by atoms with van der Waals surface area (Å²) in [5.74, 6) is 1.68. The normalized spacial score (nSPS) is 26.3. The lowest BCUT2D eigenvalue weighted by Crippen LogP contribution is -2.26. The van der Waals surface area contributed by atoms with Gasteiger partial charge in [0.2, 0.25) is 0 Å². The summed E-state index contributed by atoms with van der Waals surface area (Å²) >= 11 is 0. The second kappa shape index (κ2) is 5.80. The van der Waals surface area contributed by atoms with Gasteiger partial charge in [0.15, 0.2) is 5.82 Å². The molecule has 2 fully saturated rings. The number of rotatable bonds is 3. The first-order valence-electron chi connectivity index (χ1n) is 7.00. The molecular formula is C13H21N3O2. The van der Waals surface area contributed by atoms with Crippen LogP contribution in [0.2, 0.25) is 0 Å². The molecule has 2 aliphatic rings. The summed E-state index contributed by atoms with van der Waals surface area (Å²) in [5, 5.41) is 4.36. The first-order chi connectivity index (χ1) is 8.93. The van der Waals surface area contributed by atoms with Crippen LogP contribution in [0, 0.1) is 5.92 Å². The zero-order chi connectivity index (χ0) is 12.2. The summed E-state index contributed by atoms with van der Waals surface area (Å²) in [6.07, 6.45) is 8.35. The third-order valence-corrected chi connectivity index (χ3v) is 3.91. The number of hydrogen-bond acceptors (Lipinski definition) is 4. The molecule has 0 radical (unpaired) electrons. The van der Waals surface area contributed by atoms with Crippen molar-refractivity contribution in [3.05, 3.63) is 12.2 Å². The van der Waals surface area contributed by atoms with Crippen LogP contribution in [0.3, 0.4) is 0 Å². The average Bonchev–Trinajstić information content (AvgIpc) is 2.89. The van der Waals surface area contributed by atoms with Gasteiger partial charge in [-0.1, -0.05) is 19.3 Å². The molecule has 1 unspecified atom stereocenters. The minimum atomic E-state index is -0.0372. The van der Waals surface area contributed by atoms with Gasteiger partial charge in [0, 0.05) is 6.54 Å². The van der Waals surface area contributed by atoms with Crippen molar-refractivity contribution in [1.29, 1.82) is 0 Å². The fourth-order valence-electron chi connectivity index (χ4n) is 2.91. The average molecular weight is 251 g/mol. The molecule has 0 N–H and O–H groups in total. The van der Waals surface area contributed by atoms with Crippen LogP contribution in [-0.4, -0.2) is 34.6 Å². The molecule has 1 atom stereocenters. The van der Waals surface area contributed by atoms with Crippen LogP contribution in [-0.2, 0) is 16.0 Å². The maximum atomic E-state index is 5.70. The predicted molar refractivity (Wildman–Crippen MR) is 66.1 cm³/mol. The third kappa shape index (κ3) is 2.72. The third-order valence-electron chi connectivity index (χ3n) is 3.91. The molecule has 1 aliphatic carbocycles. The van der Waals surface area contributed by atoms with Gasteiger partial charge in [0.25, 0.3) is 0 Å². The first-order valence-corrected chi connectivity index (χ1v) is 7.00. The number of aromatic nitrogens is 3. The molecule has 5 heteroatoms. The van der Waals surface area contributed by atoms with Gasteiger partial charge in [0.1, 0.15) is 12.4 Å². The fraction of sp³-hybridized carbons (Fsp3) is 0.846. The van der Waals surface area contributed by atoms with Crippen LogP contribution in [0.5, 0.6) is 0 Å². The molecule has 2 heterocycles. The lowest BCUT2D eigenvalue weighted by Gasteiger charge is -2.25. The number of hydrogen-bond donors (Lipinski definition) is 0. The van der Waals surface area contributed by atoms with E-state index in [9.17, 15) is 0 Å². The summed E-state index contributed by atoms with van der Waals surface area (Å²) in [7, 11) is 0. The van der Waals surface area contributed by atoms with E-state index in [1.165, 1.54) is 32.1 Å². The molecule has 0 amide bonds. The van der Waals surface area contributed by atoms with E-state index in [1.54, 1.807) is 6.33 Å². The SMILES string of the molecule is c1nc(C2COCCO2)n(CC2CCCCC2)n1. The van der Waals surface area contributed by atoms with Gasteiger partial charge in [-0.25, -0.2) is 9.67 Å². The Kier molecular flexibility index (Phi) is 3.90. The minimum Gasteiger partial charge on any atom is -0.376 e. The molecule has 5 nitrogen and oxygen atoms in total. The maximum absolute atomic E-state index is 5.70. The van der Waals surface area contributed by atoms with Crippen molar-refractivity contribution in [2.24, 2.45) is 5.92 Å². The van der Waals surface area contributed by atoms with Gasteiger partial charge >= 0.3 is 0 Å². The molecule has 0 spiro atoms. The van der Waals surface area contributed by atoms with Crippen molar-refractivity contribution in [2.45, 2.75) is 44.8 Å². The van der Waals surface area contributed by atoms with Crippen LogP contribution in [0.4, 0.5) is 0 Å². The largest absolute Gasteiger partial charge is 0.376 e. The monoisotopic (exact) mass is 251 g/mol. The van der Waals surface area contributed by atoms with E-state index in [-0.39, 0.29) is 6.10 Å². The van der Waals surface area contributed by atoms with E-state index in [0.29, 0.717) is 19.8 Å². The molecule has 1 aromatic heterocycles. The Labute approximate surface area is 107 Å². The quantitative estimate of drug-likeness (QED) is 0.824. The summed E-state index contributed by atoms with van der Waals surface area (Å²) in [6.45, 7) is 2.92. The highest BCUT2D eigenvalue weighted by Gasteiger charge is 2.23. The van der Waals surface area contributed by atoms with Crippen molar-refractivity contribution in [3.8, 4) is 0 Å². The Morgan fingerprint density at radius 3 is 2.89 bits per heavy atom. The van der Waals surface area contributed by atoms with Crippen LogP contribution < -0.4 is 0 Å². The van der Waals surface area contributed by atoms with Gasteiger partial charge in [-0.15, -0.1) is 0 Å². The Morgan fingerprint density at radius 2 is 2.11 bits per heavy atom. The highest BCUT2D eigenvalue weighted by atomic mass is 16.6. The van der Waals surface area contributed by atoms with E-state index in [2.05, 4.69) is 10.1 Å². The highest BCUT2D eigenvalue weighted by molar-refractivity contribution is 4.92. The zero-order valence-corrected chi connectivity index (χ0v) is 10.8. The Bertz CT molecular complexity index is 368. The van der Waals surface area contributed by atoms with Crippen molar-refractivity contribution in [3.63, 3.8) is 0 Å². The zero-order valence-electron chi connectivity index (χ0n) is 10.8. The van der Waals surface area contributed by atoms with Crippen LogP contribution in [0.25, 0.3) is 0 Å². The molecule has 1 saturated carbocycles. The lowest BCUT2D eigenvalue weighted by molar-refractivity contribution is -0.0952. The Hall–Kier alpha value is -0.940. The second-order valence-corrected chi connectivity index (χ2v) is 5.24. The Balaban J connectivity index is 1.66. The maximum Gasteiger partial charge on any atom is 0.158 e. The minimum absolute atomic E-state index is 0.0372. The van der Waals surface area contributed by atoms with Crippen molar-refractivity contribution in [1.82, 2.24) is 14.8 Å². The van der Waals surface area contributed by atoms with Gasteiger partial charge in [-0.3, -0.25) is 0 Å². The molecule has 0 aromatic carbocycles. The molecule has 1 aliphatic heterocycles. The molecule has 1 aromatic rings. The van der Waals surface area contributed by atoms with Gasteiger partial charge in [0.05, 0.1) is 19.8 Å². The predicted octanol–water partition coefficient (Wildman–Crippen LogP) is 1.95. The number of nitrogens with zero attached hydrogens (tertiary/aromatic N) is 3. The fourth-order valence-corrected chi connectivity index (χ4v) is 2.91. The van der Waals surface area contributed by atoms with E-state index in [0.717, 1.165) is 18.3 Å². The highest BCUT2D eigenvalue weighted by Crippen LogP contribution is 2.26. The van der Waals surface area contributed by atoms with Crippen molar-refractivity contribution >= 4 is 0 Å². The standard InChI is InChI=1S/C13H21N3O2/c1-2-4-11(5-3-1)8-16-13(14-10-15-16)12-9-17-6-7-18-12/h10-12H,1-9H2. The molecule has 1 saturated heterocycles. The first kappa shape index (κ1) is 12.1. The molecule has 100 valence electrons. The summed E-state index contributed by atoms with van der Waals surface area (Å²) in [6, 6.07) is 0. The molecule has 18 heavy (non-hydrogen) atoms. The van der Waals surface area contributed by atoms with Crippen molar-refractivity contribution < 1.29 is 9.47 Å². The van der Waals surface area contributed by atoms with Crippen LogP contribution in [0.1, 0.15) is 44.0 Å².